The average Bonchev–Trinajstić information content (AvgIpc) is 2.14. The molecule has 1 aromatic rings. The lowest BCUT2D eigenvalue weighted by atomic mass is 10.1. The van der Waals surface area contributed by atoms with E-state index in [0.29, 0.717) is 6.61 Å². The number of quaternary nitrogens is 1. The van der Waals surface area contributed by atoms with E-state index in [2.05, 4.69) is 26.1 Å². The molecule has 0 aliphatic heterocycles. The van der Waals surface area contributed by atoms with Crippen LogP contribution < -0.4 is 10.1 Å². The van der Waals surface area contributed by atoms with E-state index in [-0.39, 0.29) is 11.4 Å². The Hall–Kier alpha value is -1.09. The standard InChI is InChI=1S/C12H18FNO/c1-12(2,3)14-8-9-15-11-6-4-10(13)5-7-11/h4-7,14H,8-9H2,1-3H3/p+1. The van der Waals surface area contributed by atoms with Crippen molar-refractivity contribution in [1.29, 1.82) is 0 Å². The summed E-state index contributed by atoms with van der Waals surface area (Å²) in [6.07, 6.45) is 0. The smallest absolute Gasteiger partial charge is 0.137 e. The van der Waals surface area contributed by atoms with E-state index in [1.807, 2.05) is 0 Å². The summed E-state index contributed by atoms with van der Waals surface area (Å²) in [7, 11) is 0. The summed E-state index contributed by atoms with van der Waals surface area (Å²) in [6.45, 7) is 8.02. The Kier molecular flexibility index (Phi) is 4.09. The van der Waals surface area contributed by atoms with Gasteiger partial charge in [-0.2, -0.15) is 0 Å². The van der Waals surface area contributed by atoms with Crippen LogP contribution in [0.15, 0.2) is 24.3 Å². The quantitative estimate of drug-likeness (QED) is 0.753. The van der Waals surface area contributed by atoms with Crippen molar-refractivity contribution in [2.45, 2.75) is 26.3 Å². The third-order valence-electron chi connectivity index (χ3n) is 1.96. The zero-order valence-corrected chi connectivity index (χ0v) is 9.59. The highest BCUT2D eigenvalue weighted by Gasteiger charge is 2.11. The average molecular weight is 212 g/mol. The second-order valence-electron chi connectivity index (χ2n) is 4.66. The van der Waals surface area contributed by atoms with Gasteiger partial charge in [0.05, 0.1) is 5.54 Å². The van der Waals surface area contributed by atoms with E-state index < -0.39 is 0 Å². The van der Waals surface area contributed by atoms with E-state index >= 15 is 0 Å². The number of halogens is 1. The largest absolute Gasteiger partial charge is 0.488 e. The SMILES string of the molecule is CC(C)(C)[NH2+]CCOc1ccc(F)cc1. The fraction of sp³-hybridized carbons (Fsp3) is 0.500. The molecule has 2 nitrogen and oxygen atoms in total. The van der Waals surface area contributed by atoms with Crippen molar-refractivity contribution in [1.82, 2.24) is 0 Å². The van der Waals surface area contributed by atoms with Crippen molar-refractivity contribution in [3.63, 3.8) is 0 Å². The maximum atomic E-state index is 12.6. The second-order valence-corrected chi connectivity index (χ2v) is 4.66. The summed E-state index contributed by atoms with van der Waals surface area (Å²) in [4.78, 5) is 0. The molecule has 0 aliphatic rings. The first-order valence-corrected chi connectivity index (χ1v) is 5.20. The topological polar surface area (TPSA) is 25.8 Å². The minimum atomic E-state index is -0.233. The van der Waals surface area contributed by atoms with Crippen LogP contribution in [0.4, 0.5) is 4.39 Å². The molecule has 1 aromatic carbocycles. The molecule has 0 atom stereocenters. The van der Waals surface area contributed by atoms with Crippen molar-refractivity contribution in [3.8, 4) is 5.75 Å². The summed E-state index contributed by atoms with van der Waals surface area (Å²) in [5, 5.41) is 2.22. The van der Waals surface area contributed by atoms with Gasteiger partial charge in [0, 0.05) is 0 Å². The Morgan fingerprint density at radius 1 is 1.20 bits per heavy atom. The number of hydrogen-bond acceptors (Lipinski definition) is 1. The Morgan fingerprint density at radius 2 is 1.80 bits per heavy atom. The zero-order valence-electron chi connectivity index (χ0n) is 9.59. The minimum Gasteiger partial charge on any atom is -0.488 e. The number of benzene rings is 1. The number of rotatable bonds is 4. The normalized spacial score (nSPS) is 11.5. The van der Waals surface area contributed by atoms with Crippen LogP contribution in [-0.2, 0) is 0 Å². The van der Waals surface area contributed by atoms with E-state index in [1.165, 1.54) is 12.1 Å². The van der Waals surface area contributed by atoms with Crippen LogP contribution in [0.3, 0.4) is 0 Å². The van der Waals surface area contributed by atoms with Crippen molar-refractivity contribution >= 4 is 0 Å². The van der Waals surface area contributed by atoms with Crippen LogP contribution in [-0.4, -0.2) is 18.7 Å². The first-order chi connectivity index (χ1) is 6.97. The van der Waals surface area contributed by atoms with E-state index in [0.717, 1.165) is 12.3 Å². The van der Waals surface area contributed by atoms with Gasteiger partial charge in [0.15, 0.2) is 0 Å². The molecule has 0 aromatic heterocycles. The van der Waals surface area contributed by atoms with Gasteiger partial charge >= 0.3 is 0 Å². The molecule has 84 valence electrons. The number of ether oxygens (including phenoxy) is 1. The molecule has 0 saturated heterocycles. The molecular formula is C12H19FNO+. The molecule has 0 unspecified atom stereocenters. The Balaban J connectivity index is 2.23. The third-order valence-corrected chi connectivity index (χ3v) is 1.96. The molecule has 3 heteroatoms. The lowest BCUT2D eigenvalue weighted by Gasteiger charge is -2.16. The summed E-state index contributed by atoms with van der Waals surface area (Å²) in [6, 6.07) is 6.10. The molecule has 0 aliphatic carbocycles. The van der Waals surface area contributed by atoms with Gasteiger partial charge in [0.25, 0.3) is 0 Å². The molecule has 0 radical (unpaired) electrons. The predicted octanol–water partition coefficient (Wildman–Crippen LogP) is 1.57. The van der Waals surface area contributed by atoms with Crippen LogP contribution >= 0.6 is 0 Å². The Labute approximate surface area is 90.4 Å². The van der Waals surface area contributed by atoms with Crippen LogP contribution in [0.5, 0.6) is 5.75 Å². The van der Waals surface area contributed by atoms with Crippen LogP contribution in [0, 0.1) is 5.82 Å². The first-order valence-electron chi connectivity index (χ1n) is 5.20. The molecule has 0 amide bonds. The van der Waals surface area contributed by atoms with Crippen molar-refractivity contribution in [2.24, 2.45) is 0 Å². The summed E-state index contributed by atoms with van der Waals surface area (Å²) in [5.74, 6) is 0.488. The van der Waals surface area contributed by atoms with E-state index in [1.54, 1.807) is 12.1 Å². The van der Waals surface area contributed by atoms with Gasteiger partial charge in [-0.05, 0) is 45.0 Å². The fourth-order valence-electron chi connectivity index (χ4n) is 1.20. The molecule has 0 bridgehead atoms. The molecule has 15 heavy (non-hydrogen) atoms. The predicted molar refractivity (Wildman–Crippen MR) is 58.4 cm³/mol. The van der Waals surface area contributed by atoms with Crippen molar-refractivity contribution in [3.05, 3.63) is 30.1 Å². The summed E-state index contributed by atoms with van der Waals surface area (Å²) >= 11 is 0. The monoisotopic (exact) mass is 212 g/mol. The van der Waals surface area contributed by atoms with Gasteiger partial charge in [0.1, 0.15) is 24.7 Å². The minimum absolute atomic E-state index is 0.228. The van der Waals surface area contributed by atoms with Crippen molar-refractivity contribution < 1.29 is 14.4 Å². The Bertz CT molecular complexity index is 289. The Morgan fingerprint density at radius 3 is 2.33 bits per heavy atom. The molecule has 0 saturated carbocycles. The van der Waals surface area contributed by atoms with E-state index in [9.17, 15) is 4.39 Å². The van der Waals surface area contributed by atoms with Crippen molar-refractivity contribution in [2.75, 3.05) is 13.2 Å². The molecule has 2 N–H and O–H groups in total. The molecule has 0 fully saturated rings. The van der Waals surface area contributed by atoms with E-state index in [4.69, 9.17) is 4.74 Å². The van der Waals surface area contributed by atoms with Gasteiger partial charge in [-0.25, -0.2) is 4.39 Å². The van der Waals surface area contributed by atoms with Gasteiger partial charge in [0.2, 0.25) is 0 Å². The lowest BCUT2D eigenvalue weighted by molar-refractivity contribution is -0.717. The summed E-state index contributed by atoms with van der Waals surface area (Å²) in [5.41, 5.74) is 0.228. The highest BCUT2D eigenvalue weighted by molar-refractivity contribution is 5.21. The van der Waals surface area contributed by atoms with Crippen LogP contribution in [0.1, 0.15) is 20.8 Å². The summed E-state index contributed by atoms with van der Waals surface area (Å²) < 4.78 is 18.0. The molecule has 1 rings (SSSR count). The highest BCUT2D eigenvalue weighted by atomic mass is 19.1. The molecule has 0 spiro atoms. The van der Waals surface area contributed by atoms with Gasteiger partial charge < -0.3 is 10.1 Å². The molecular weight excluding hydrogens is 193 g/mol. The maximum absolute atomic E-state index is 12.6. The fourth-order valence-corrected chi connectivity index (χ4v) is 1.20. The number of hydrogen-bond donors (Lipinski definition) is 1. The van der Waals surface area contributed by atoms with Gasteiger partial charge in [-0.3, -0.25) is 0 Å². The highest BCUT2D eigenvalue weighted by Crippen LogP contribution is 2.10. The number of nitrogens with two attached hydrogens (primary N) is 1. The second kappa shape index (κ2) is 5.12. The maximum Gasteiger partial charge on any atom is 0.137 e. The lowest BCUT2D eigenvalue weighted by Crippen LogP contribution is -2.95. The molecule has 0 heterocycles. The van der Waals surface area contributed by atoms with Gasteiger partial charge in [-0.15, -0.1) is 0 Å². The zero-order chi connectivity index (χ0) is 11.3. The first kappa shape index (κ1) is 12.0. The third kappa shape index (κ3) is 5.37. The van der Waals surface area contributed by atoms with Gasteiger partial charge in [-0.1, -0.05) is 0 Å². The van der Waals surface area contributed by atoms with Crippen LogP contribution in [0.2, 0.25) is 0 Å². The van der Waals surface area contributed by atoms with Crippen LogP contribution in [0.25, 0.3) is 0 Å².